The van der Waals surface area contributed by atoms with Crippen molar-refractivity contribution in [1.82, 2.24) is 15.1 Å². The molecule has 5 nitrogen and oxygen atoms in total. The van der Waals surface area contributed by atoms with Crippen molar-refractivity contribution in [3.05, 3.63) is 21.9 Å². The van der Waals surface area contributed by atoms with Crippen molar-refractivity contribution in [3.63, 3.8) is 0 Å². The summed E-state index contributed by atoms with van der Waals surface area (Å²) in [5.74, 6) is 0.778. The molecule has 0 saturated heterocycles. The number of fused-ring (bicyclic) bond motifs is 1. The third-order valence-electron chi connectivity index (χ3n) is 2.30. The fourth-order valence-corrected chi connectivity index (χ4v) is 1.49. The van der Waals surface area contributed by atoms with E-state index in [9.17, 15) is 4.79 Å². The van der Waals surface area contributed by atoms with E-state index in [1.165, 1.54) is 0 Å². The Balaban J connectivity index is 2.77. The van der Waals surface area contributed by atoms with E-state index < -0.39 is 0 Å². The maximum absolute atomic E-state index is 11.7. The fraction of sp³-hybridized carbons (Fsp3) is 0.500. The second kappa shape index (κ2) is 3.49. The van der Waals surface area contributed by atoms with Crippen LogP contribution in [0.5, 0.6) is 0 Å². The number of hydrogen-bond donors (Lipinski definition) is 1. The molecule has 0 bridgehead atoms. The minimum atomic E-state index is -0.165. The average molecular weight is 207 g/mol. The van der Waals surface area contributed by atoms with Gasteiger partial charge in [0.2, 0.25) is 0 Å². The van der Waals surface area contributed by atoms with Crippen LogP contribution in [0.25, 0.3) is 11.1 Å². The van der Waals surface area contributed by atoms with Gasteiger partial charge in [0, 0.05) is 6.42 Å². The summed E-state index contributed by atoms with van der Waals surface area (Å²) < 4.78 is 5.05. The summed E-state index contributed by atoms with van der Waals surface area (Å²) in [6, 6.07) is 0. The maximum Gasteiger partial charge on any atom is 0.265 e. The van der Waals surface area contributed by atoms with Gasteiger partial charge in [0.05, 0.1) is 0 Å². The van der Waals surface area contributed by atoms with E-state index in [2.05, 4.69) is 15.1 Å². The number of aryl methyl sites for hydroxylation is 1. The Labute approximate surface area is 86.5 Å². The van der Waals surface area contributed by atoms with E-state index in [1.807, 2.05) is 20.8 Å². The van der Waals surface area contributed by atoms with Gasteiger partial charge in [0.25, 0.3) is 11.3 Å². The summed E-state index contributed by atoms with van der Waals surface area (Å²) in [5.41, 5.74) is 0.836. The highest BCUT2D eigenvalue weighted by atomic mass is 16.5. The molecule has 0 spiro atoms. The lowest BCUT2D eigenvalue weighted by atomic mass is 10.1. The molecular formula is C10H13N3O2. The Morgan fingerprint density at radius 1 is 1.47 bits per heavy atom. The summed E-state index contributed by atoms with van der Waals surface area (Å²) in [6.07, 6.45) is 0.670. The van der Waals surface area contributed by atoms with Gasteiger partial charge >= 0.3 is 0 Å². The van der Waals surface area contributed by atoms with Crippen molar-refractivity contribution in [3.8, 4) is 0 Å². The Morgan fingerprint density at radius 3 is 2.80 bits per heavy atom. The number of aromatic nitrogens is 3. The molecule has 5 heteroatoms. The van der Waals surface area contributed by atoms with Gasteiger partial charge in [-0.3, -0.25) is 4.79 Å². The molecule has 2 rings (SSSR count). The lowest BCUT2D eigenvalue weighted by Crippen LogP contribution is -2.12. The summed E-state index contributed by atoms with van der Waals surface area (Å²) in [5, 5.41) is 4.35. The Hall–Kier alpha value is -1.65. The van der Waals surface area contributed by atoms with Crippen LogP contribution in [-0.4, -0.2) is 15.1 Å². The molecule has 2 heterocycles. The van der Waals surface area contributed by atoms with Gasteiger partial charge in [0.15, 0.2) is 0 Å². The smallest absolute Gasteiger partial charge is 0.265 e. The van der Waals surface area contributed by atoms with Crippen LogP contribution in [0.4, 0.5) is 0 Å². The topological polar surface area (TPSA) is 71.8 Å². The molecule has 0 unspecified atom stereocenters. The molecule has 0 aliphatic rings. The van der Waals surface area contributed by atoms with E-state index in [1.54, 1.807) is 0 Å². The van der Waals surface area contributed by atoms with Crippen molar-refractivity contribution in [2.45, 2.75) is 33.1 Å². The van der Waals surface area contributed by atoms with E-state index in [-0.39, 0.29) is 11.5 Å². The average Bonchev–Trinajstić information content (AvgIpc) is 2.61. The van der Waals surface area contributed by atoms with Gasteiger partial charge in [-0.25, -0.2) is 0 Å². The van der Waals surface area contributed by atoms with Crippen molar-refractivity contribution >= 4 is 11.1 Å². The summed E-state index contributed by atoms with van der Waals surface area (Å²) in [6.45, 7) is 5.85. The first-order valence-corrected chi connectivity index (χ1v) is 5.02. The van der Waals surface area contributed by atoms with Crippen LogP contribution in [0.3, 0.4) is 0 Å². The van der Waals surface area contributed by atoms with E-state index >= 15 is 0 Å². The fourth-order valence-electron chi connectivity index (χ4n) is 1.49. The quantitative estimate of drug-likeness (QED) is 0.811. The van der Waals surface area contributed by atoms with Crippen molar-refractivity contribution in [2.75, 3.05) is 0 Å². The maximum atomic E-state index is 11.7. The first-order chi connectivity index (χ1) is 7.13. The zero-order valence-corrected chi connectivity index (χ0v) is 9.00. The number of aromatic amines is 1. The number of nitrogens with zero attached hydrogens (tertiary/aromatic N) is 2. The highest BCUT2D eigenvalue weighted by Crippen LogP contribution is 2.19. The summed E-state index contributed by atoms with van der Waals surface area (Å²) in [4.78, 5) is 18.6. The minimum Gasteiger partial charge on any atom is -0.335 e. The van der Waals surface area contributed by atoms with E-state index in [4.69, 9.17) is 4.52 Å². The van der Waals surface area contributed by atoms with Crippen LogP contribution in [-0.2, 0) is 6.42 Å². The number of H-pyrrole nitrogens is 1. The summed E-state index contributed by atoms with van der Waals surface area (Å²) in [7, 11) is 0. The van der Waals surface area contributed by atoms with E-state index in [0.29, 0.717) is 29.0 Å². The summed E-state index contributed by atoms with van der Waals surface area (Å²) >= 11 is 0. The minimum absolute atomic E-state index is 0.154. The third-order valence-corrected chi connectivity index (χ3v) is 2.30. The molecule has 2 aromatic rings. The highest BCUT2D eigenvalue weighted by molar-refractivity contribution is 5.75. The number of nitrogens with one attached hydrogen (secondary N) is 1. The van der Waals surface area contributed by atoms with Gasteiger partial charge in [-0.15, -0.1) is 0 Å². The Bertz CT molecular complexity index is 539. The van der Waals surface area contributed by atoms with Gasteiger partial charge < -0.3 is 9.51 Å². The molecule has 0 atom stereocenters. The van der Waals surface area contributed by atoms with Crippen molar-refractivity contribution in [2.24, 2.45) is 0 Å². The molecule has 0 saturated carbocycles. The van der Waals surface area contributed by atoms with Crippen LogP contribution in [0, 0.1) is 0 Å². The van der Waals surface area contributed by atoms with Crippen LogP contribution < -0.4 is 5.56 Å². The van der Waals surface area contributed by atoms with Gasteiger partial charge in [-0.1, -0.05) is 25.9 Å². The van der Waals surface area contributed by atoms with Crippen LogP contribution >= 0.6 is 0 Å². The first-order valence-electron chi connectivity index (χ1n) is 5.02. The molecule has 0 aliphatic carbocycles. The van der Waals surface area contributed by atoms with Gasteiger partial charge in [-0.05, 0) is 5.92 Å². The van der Waals surface area contributed by atoms with Gasteiger partial charge in [-0.2, -0.15) is 4.98 Å². The Morgan fingerprint density at radius 2 is 2.20 bits per heavy atom. The number of hydrogen-bond acceptors (Lipinski definition) is 4. The lowest BCUT2D eigenvalue weighted by molar-refractivity contribution is 0.433. The second-order valence-electron chi connectivity index (χ2n) is 3.77. The molecular weight excluding hydrogens is 194 g/mol. The second-order valence-corrected chi connectivity index (χ2v) is 3.77. The molecule has 2 aromatic heterocycles. The van der Waals surface area contributed by atoms with Gasteiger partial charge in [0.1, 0.15) is 16.9 Å². The predicted octanol–water partition coefficient (Wildman–Crippen LogP) is 1.60. The number of rotatable bonds is 2. The van der Waals surface area contributed by atoms with Crippen LogP contribution in [0.2, 0.25) is 0 Å². The predicted molar refractivity (Wildman–Crippen MR) is 55.9 cm³/mol. The molecule has 0 aliphatic heterocycles. The first kappa shape index (κ1) is 9.89. The van der Waals surface area contributed by atoms with Crippen LogP contribution in [0.1, 0.15) is 38.2 Å². The molecule has 0 radical (unpaired) electrons. The SMILES string of the molecule is CCc1nc2onc(C(C)C)c2c(=O)[nH]1. The molecule has 0 aromatic carbocycles. The highest BCUT2D eigenvalue weighted by Gasteiger charge is 2.16. The molecule has 0 amide bonds. The van der Waals surface area contributed by atoms with Crippen LogP contribution in [0.15, 0.2) is 9.32 Å². The Kier molecular flexibility index (Phi) is 2.30. The standard InChI is InChI=1S/C10H13N3O2/c1-4-6-11-9(14)7-8(5(2)3)13-15-10(7)12-6/h5H,4H2,1-3H3,(H,11,12,14). The molecule has 0 fully saturated rings. The lowest BCUT2D eigenvalue weighted by Gasteiger charge is -1.98. The van der Waals surface area contributed by atoms with Crippen molar-refractivity contribution < 1.29 is 4.52 Å². The molecule has 15 heavy (non-hydrogen) atoms. The zero-order valence-electron chi connectivity index (χ0n) is 9.00. The molecule has 80 valence electrons. The largest absolute Gasteiger partial charge is 0.335 e. The van der Waals surface area contributed by atoms with E-state index in [0.717, 1.165) is 0 Å². The zero-order chi connectivity index (χ0) is 11.0. The monoisotopic (exact) mass is 207 g/mol. The normalized spacial score (nSPS) is 11.5. The van der Waals surface area contributed by atoms with Crippen molar-refractivity contribution in [1.29, 1.82) is 0 Å². The molecule has 1 N–H and O–H groups in total. The third kappa shape index (κ3) is 1.54.